The summed E-state index contributed by atoms with van der Waals surface area (Å²) in [5, 5.41) is 23.6. The molecule has 0 amide bonds. The fourth-order valence-corrected chi connectivity index (χ4v) is 3.39. The van der Waals surface area contributed by atoms with Crippen LogP contribution in [0.1, 0.15) is 35.5 Å². The molecule has 4 nitrogen and oxygen atoms in total. The zero-order chi connectivity index (χ0) is 13.2. The van der Waals surface area contributed by atoms with Gasteiger partial charge in [0.25, 0.3) is 0 Å². The van der Waals surface area contributed by atoms with Gasteiger partial charge in [0.15, 0.2) is 0 Å². The van der Waals surface area contributed by atoms with E-state index in [1.165, 1.54) is 11.1 Å². The van der Waals surface area contributed by atoms with Crippen LogP contribution in [0.4, 0.5) is 5.13 Å². The van der Waals surface area contributed by atoms with E-state index in [1.54, 1.807) is 11.3 Å². The van der Waals surface area contributed by atoms with Crippen molar-refractivity contribution in [3.05, 3.63) is 40.4 Å². The molecule has 0 aliphatic heterocycles. The Balaban J connectivity index is 1.79. The molecule has 100 valence electrons. The number of rotatable bonds is 4. The maximum absolute atomic E-state index is 10.2. The average Bonchev–Trinajstić information content (AvgIpc) is 2.96. The van der Waals surface area contributed by atoms with Crippen LogP contribution >= 0.6 is 11.3 Å². The van der Waals surface area contributed by atoms with Crippen molar-refractivity contribution in [2.45, 2.75) is 38.3 Å². The van der Waals surface area contributed by atoms with Crippen LogP contribution in [0, 0.1) is 0 Å². The van der Waals surface area contributed by atoms with E-state index in [1.807, 2.05) is 12.1 Å². The normalized spacial score (nSPS) is 21.4. The largest absolute Gasteiger partial charge is 0.390 e. The van der Waals surface area contributed by atoms with Crippen molar-refractivity contribution in [1.82, 2.24) is 10.2 Å². The van der Waals surface area contributed by atoms with Gasteiger partial charge in [-0.25, -0.2) is 0 Å². The Kier molecular flexibility index (Phi) is 3.48. The van der Waals surface area contributed by atoms with E-state index < -0.39 is 6.10 Å². The molecular weight excluding hydrogens is 258 g/mol. The van der Waals surface area contributed by atoms with Gasteiger partial charge in [0.2, 0.25) is 5.13 Å². The molecule has 0 bridgehead atoms. The summed E-state index contributed by atoms with van der Waals surface area (Å²) in [7, 11) is 0. The first-order chi connectivity index (χ1) is 9.28. The van der Waals surface area contributed by atoms with Crippen LogP contribution in [0.25, 0.3) is 0 Å². The standard InChI is InChI=1S/C14H17N3OS/c1-2-5-12-16-17-14(19-12)15-13-10-7-4-3-6-9(10)8-11(13)18/h3-4,6-7,11,13,18H,2,5,8H2,1H3,(H,15,17)/t11-,13+/m1/s1. The summed E-state index contributed by atoms with van der Waals surface area (Å²) in [5.41, 5.74) is 2.38. The molecule has 5 heteroatoms. The minimum absolute atomic E-state index is 0.0707. The van der Waals surface area contributed by atoms with Gasteiger partial charge in [0.1, 0.15) is 5.01 Å². The molecule has 19 heavy (non-hydrogen) atoms. The molecular formula is C14H17N3OS. The predicted molar refractivity (Wildman–Crippen MR) is 76.4 cm³/mol. The number of nitrogens with one attached hydrogen (secondary N) is 1. The molecule has 0 unspecified atom stereocenters. The van der Waals surface area contributed by atoms with Crippen LogP contribution in [0.3, 0.4) is 0 Å². The Morgan fingerprint density at radius 2 is 2.21 bits per heavy atom. The van der Waals surface area contributed by atoms with Crippen LogP contribution in [0.15, 0.2) is 24.3 Å². The molecule has 0 saturated carbocycles. The van der Waals surface area contributed by atoms with Gasteiger partial charge >= 0.3 is 0 Å². The van der Waals surface area contributed by atoms with Crippen LogP contribution in [-0.4, -0.2) is 21.4 Å². The Labute approximate surface area is 116 Å². The van der Waals surface area contributed by atoms with Crippen LogP contribution in [-0.2, 0) is 12.8 Å². The maximum Gasteiger partial charge on any atom is 0.206 e. The first-order valence-corrected chi connectivity index (χ1v) is 7.44. The average molecular weight is 275 g/mol. The van der Waals surface area contributed by atoms with Crippen molar-refractivity contribution in [2.75, 3.05) is 5.32 Å². The van der Waals surface area contributed by atoms with Crippen molar-refractivity contribution in [2.24, 2.45) is 0 Å². The number of aliphatic hydroxyl groups excluding tert-OH is 1. The monoisotopic (exact) mass is 275 g/mol. The summed E-state index contributed by atoms with van der Waals surface area (Å²) >= 11 is 1.58. The lowest BCUT2D eigenvalue weighted by atomic mass is 10.1. The number of fused-ring (bicyclic) bond motifs is 1. The first-order valence-electron chi connectivity index (χ1n) is 6.62. The van der Waals surface area contributed by atoms with E-state index in [-0.39, 0.29) is 6.04 Å². The summed E-state index contributed by atoms with van der Waals surface area (Å²) in [4.78, 5) is 0. The number of aliphatic hydroxyl groups is 1. The number of hydrogen-bond donors (Lipinski definition) is 2. The number of anilines is 1. The van der Waals surface area contributed by atoms with E-state index in [2.05, 4.69) is 34.6 Å². The van der Waals surface area contributed by atoms with E-state index in [4.69, 9.17) is 0 Å². The second kappa shape index (κ2) is 5.27. The third kappa shape index (κ3) is 2.48. The lowest BCUT2D eigenvalue weighted by Crippen LogP contribution is -2.21. The molecule has 2 N–H and O–H groups in total. The third-order valence-corrected chi connectivity index (χ3v) is 4.33. The van der Waals surface area contributed by atoms with Gasteiger partial charge in [-0.15, -0.1) is 10.2 Å². The van der Waals surface area contributed by atoms with Crippen LogP contribution in [0.2, 0.25) is 0 Å². The van der Waals surface area contributed by atoms with Gasteiger partial charge in [0, 0.05) is 12.8 Å². The summed E-state index contributed by atoms with van der Waals surface area (Å²) in [5.74, 6) is 0. The van der Waals surface area contributed by atoms with Crippen LogP contribution < -0.4 is 5.32 Å². The van der Waals surface area contributed by atoms with Gasteiger partial charge < -0.3 is 10.4 Å². The molecule has 0 fully saturated rings. The Hall–Kier alpha value is -1.46. The van der Waals surface area contributed by atoms with Gasteiger partial charge in [-0.1, -0.05) is 42.5 Å². The lowest BCUT2D eigenvalue weighted by Gasteiger charge is -2.16. The highest BCUT2D eigenvalue weighted by atomic mass is 32.1. The number of nitrogens with zero attached hydrogens (tertiary/aromatic N) is 2. The Morgan fingerprint density at radius 1 is 1.37 bits per heavy atom. The van der Waals surface area contributed by atoms with E-state index in [9.17, 15) is 5.11 Å². The minimum atomic E-state index is -0.393. The van der Waals surface area contributed by atoms with Gasteiger partial charge in [0.05, 0.1) is 12.1 Å². The first kappa shape index (κ1) is 12.6. The molecule has 2 aromatic rings. The molecule has 1 aromatic carbocycles. The SMILES string of the molecule is CCCc1nnc(N[C@H]2c3ccccc3C[C@H]2O)s1. The van der Waals surface area contributed by atoms with Gasteiger partial charge in [-0.2, -0.15) is 0 Å². The minimum Gasteiger partial charge on any atom is -0.390 e. The van der Waals surface area contributed by atoms with Gasteiger partial charge in [-0.3, -0.25) is 0 Å². The smallest absolute Gasteiger partial charge is 0.206 e. The summed E-state index contributed by atoms with van der Waals surface area (Å²) < 4.78 is 0. The molecule has 0 saturated heterocycles. The highest BCUT2D eigenvalue weighted by Gasteiger charge is 2.31. The zero-order valence-corrected chi connectivity index (χ0v) is 11.7. The molecule has 1 heterocycles. The molecule has 0 radical (unpaired) electrons. The highest BCUT2D eigenvalue weighted by molar-refractivity contribution is 7.15. The lowest BCUT2D eigenvalue weighted by molar-refractivity contribution is 0.166. The van der Waals surface area contributed by atoms with Crippen LogP contribution in [0.5, 0.6) is 0 Å². The van der Waals surface area contributed by atoms with Gasteiger partial charge in [-0.05, 0) is 17.5 Å². The molecule has 2 atom stereocenters. The molecule has 1 aliphatic carbocycles. The zero-order valence-electron chi connectivity index (χ0n) is 10.8. The topological polar surface area (TPSA) is 58.0 Å². The quantitative estimate of drug-likeness (QED) is 0.900. The van der Waals surface area contributed by atoms with E-state index >= 15 is 0 Å². The highest BCUT2D eigenvalue weighted by Crippen LogP contribution is 2.34. The molecule has 1 aromatic heterocycles. The molecule has 3 rings (SSSR count). The van der Waals surface area contributed by atoms with Crippen molar-refractivity contribution in [1.29, 1.82) is 0 Å². The molecule has 1 aliphatic rings. The van der Waals surface area contributed by atoms with Crippen molar-refractivity contribution < 1.29 is 5.11 Å². The second-order valence-electron chi connectivity index (χ2n) is 4.84. The fourth-order valence-electron chi connectivity index (χ4n) is 2.51. The third-order valence-electron chi connectivity index (χ3n) is 3.41. The second-order valence-corrected chi connectivity index (χ2v) is 5.91. The summed E-state index contributed by atoms with van der Waals surface area (Å²) in [6.45, 7) is 2.13. The molecule has 0 spiro atoms. The van der Waals surface area contributed by atoms with Crippen molar-refractivity contribution >= 4 is 16.5 Å². The van der Waals surface area contributed by atoms with E-state index in [0.717, 1.165) is 23.0 Å². The Bertz CT molecular complexity index is 569. The fraction of sp³-hybridized carbons (Fsp3) is 0.429. The number of aryl methyl sites for hydroxylation is 1. The van der Waals surface area contributed by atoms with E-state index in [0.29, 0.717) is 6.42 Å². The van der Waals surface area contributed by atoms with Crippen molar-refractivity contribution in [3.8, 4) is 0 Å². The summed E-state index contributed by atoms with van der Waals surface area (Å²) in [6, 6.07) is 8.09. The Morgan fingerprint density at radius 3 is 3.05 bits per heavy atom. The number of aromatic nitrogens is 2. The number of hydrogen-bond acceptors (Lipinski definition) is 5. The summed E-state index contributed by atoms with van der Waals surface area (Å²) in [6.07, 6.45) is 2.34. The number of benzene rings is 1. The predicted octanol–water partition coefficient (Wildman–Crippen LogP) is 2.56. The van der Waals surface area contributed by atoms with Crippen molar-refractivity contribution in [3.63, 3.8) is 0 Å². The maximum atomic E-state index is 10.2.